The molecule has 0 amide bonds. The maximum Gasteiger partial charge on any atom is 0.119 e. The van der Waals surface area contributed by atoms with Gasteiger partial charge >= 0.3 is 0 Å². The van der Waals surface area contributed by atoms with Gasteiger partial charge in [-0.15, -0.1) is 0 Å². The first-order valence-electron chi connectivity index (χ1n) is 6.80. The Labute approximate surface area is 110 Å². The molecule has 1 aliphatic carbocycles. The highest BCUT2D eigenvalue weighted by atomic mass is 16.5. The summed E-state index contributed by atoms with van der Waals surface area (Å²) < 4.78 is 5.62. The fourth-order valence-corrected chi connectivity index (χ4v) is 2.88. The van der Waals surface area contributed by atoms with Gasteiger partial charge in [0.1, 0.15) is 5.75 Å². The van der Waals surface area contributed by atoms with Crippen molar-refractivity contribution < 1.29 is 9.84 Å². The standard InChI is InChI=1S/C16H24O2/c1-12(2)18-14-7-5-13(6-8-14)16(17)10-9-15(3,4)11-16/h5-8,12,17H,9-11H2,1-4H3. The predicted molar refractivity (Wildman–Crippen MR) is 73.7 cm³/mol. The average Bonchev–Trinajstić information content (AvgIpc) is 2.54. The van der Waals surface area contributed by atoms with Gasteiger partial charge in [0.15, 0.2) is 0 Å². The largest absolute Gasteiger partial charge is 0.491 e. The maximum atomic E-state index is 10.7. The summed E-state index contributed by atoms with van der Waals surface area (Å²) in [6.45, 7) is 8.48. The molecule has 0 spiro atoms. The molecule has 1 saturated carbocycles. The number of benzene rings is 1. The molecule has 1 N–H and O–H groups in total. The molecular formula is C16H24O2. The Balaban J connectivity index is 2.15. The van der Waals surface area contributed by atoms with Crippen LogP contribution in [0.15, 0.2) is 24.3 Å². The zero-order valence-electron chi connectivity index (χ0n) is 11.9. The Morgan fingerprint density at radius 2 is 1.72 bits per heavy atom. The summed E-state index contributed by atoms with van der Waals surface area (Å²) in [4.78, 5) is 0. The lowest BCUT2D eigenvalue weighted by Crippen LogP contribution is -2.23. The van der Waals surface area contributed by atoms with Crippen LogP contribution in [-0.2, 0) is 5.60 Å². The maximum absolute atomic E-state index is 10.7. The molecule has 2 nitrogen and oxygen atoms in total. The first kappa shape index (κ1) is 13.4. The van der Waals surface area contributed by atoms with Gasteiger partial charge in [-0.2, -0.15) is 0 Å². The molecule has 0 aromatic heterocycles. The number of hydrogen-bond acceptors (Lipinski definition) is 2. The van der Waals surface area contributed by atoms with E-state index in [2.05, 4.69) is 13.8 Å². The molecule has 100 valence electrons. The van der Waals surface area contributed by atoms with Gasteiger partial charge in [-0.1, -0.05) is 26.0 Å². The first-order chi connectivity index (χ1) is 8.31. The van der Waals surface area contributed by atoms with Crippen molar-refractivity contribution in [3.05, 3.63) is 29.8 Å². The average molecular weight is 248 g/mol. The van der Waals surface area contributed by atoms with Crippen LogP contribution in [0.4, 0.5) is 0 Å². The van der Waals surface area contributed by atoms with Crippen LogP contribution in [0, 0.1) is 5.41 Å². The Bertz CT molecular complexity index is 406. The molecule has 0 radical (unpaired) electrons. The molecule has 1 fully saturated rings. The Morgan fingerprint density at radius 1 is 1.11 bits per heavy atom. The zero-order valence-corrected chi connectivity index (χ0v) is 11.9. The molecule has 1 aromatic carbocycles. The van der Waals surface area contributed by atoms with Crippen LogP contribution < -0.4 is 4.74 Å². The molecule has 0 saturated heterocycles. The van der Waals surface area contributed by atoms with E-state index >= 15 is 0 Å². The molecule has 2 heteroatoms. The van der Waals surface area contributed by atoms with Crippen LogP contribution in [0.2, 0.25) is 0 Å². The van der Waals surface area contributed by atoms with E-state index in [1.807, 2.05) is 38.1 Å². The van der Waals surface area contributed by atoms with E-state index in [0.29, 0.717) is 0 Å². The Morgan fingerprint density at radius 3 is 2.17 bits per heavy atom. The van der Waals surface area contributed by atoms with E-state index in [-0.39, 0.29) is 11.5 Å². The minimum absolute atomic E-state index is 0.185. The van der Waals surface area contributed by atoms with Crippen LogP contribution in [0.1, 0.15) is 52.5 Å². The minimum atomic E-state index is -0.653. The van der Waals surface area contributed by atoms with Crippen LogP contribution in [0.3, 0.4) is 0 Å². The van der Waals surface area contributed by atoms with Crippen molar-refractivity contribution in [3.8, 4) is 5.75 Å². The number of aliphatic hydroxyl groups is 1. The van der Waals surface area contributed by atoms with E-state index in [1.54, 1.807) is 0 Å². The SMILES string of the molecule is CC(C)Oc1ccc(C2(O)CCC(C)(C)C2)cc1. The minimum Gasteiger partial charge on any atom is -0.491 e. The Kier molecular flexibility index (Phi) is 3.41. The molecule has 0 bridgehead atoms. The predicted octanol–water partition coefficient (Wildman–Crippen LogP) is 3.87. The summed E-state index contributed by atoms with van der Waals surface area (Å²) in [6.07, 6.45) is 2.95. The van der Waals surface area contributed by atoms with Crippen molar-refractivity contribution in [1.82, 2.24) is 0 Å². The van der Waals surface area contributed by atoms with Crippen molar-refractivity contribution in [3.63, 3.8) is 0 Å². The molecule has 0 aliphatic heterocycles. The highest BCUT2D eigenvalue weighted by molar-refractivity contribution is 5.32. The lowest BCUT2D eigenvalue weighted by atomic mass is 9.86. The summed E-state index contributed by atoms with van der Waals surface area (Å²) in [5.74, 6) is 0.870. The van der Waals surface area contributed by atoms with Crippen molar-refractivity contribution in [2.24, 2.45) is 5.41 Å². The van der Waals surface area contributed by atoms with Gasteiger partial charge in [-0.3, -0.25) is 0 Å². The molecule has 18 heavy (non-hydrogen) atoms. The molecule has 1 unspecified atom stereocenters. The van der Waals surface area contributed by atoms with Gasteiger partial charge in [0.2, 0.25) is 0 Å². The lowest BCUT2D eigenvalue weighted by Gasteiger charge is -2.26. The third-order valence-electron chi connectivity index (χ3n) is 3.75. The van der Waals surface area contributed by atoms with Gasteiger partial charge in [-0.25, -0.2) is 0 Å². The zero-order chi connectivity index (χ0) is 13.4. The van der Waals surface area contributed by atoms with Gasteiger partial charge < -0.3 is 9.84 Å². The quantitative estimate of drug-likeness (QED) is 0.879. The number of hydrogen-bond donors (Lipinski definition) is 1. The highest BCUT2D eigenvalue weighted by Crippen LogP contribution is 2.48. The van der Waals surface area contributed by atoms with Crippen molar-refractivity contribution in [2.45, 2.75) is 58.7 Å². The topological polar surface area (TPSA) is 29.5 Å². The number of ether oxygens (including phenoxy) is 1. The summed E-state index contributed by atoms with van der Waals surface area (Å²) in [5, 5.41) is 10.7. The second-order valence-electron chi connectivity index (χ2n) is 6.56. The second kappa shape index (κ2) is 4.58. The monoisotopic (exact) mass is 248 g/mol. The third-order valence-corrected chi connectivity index (χ3v) is 3.75. The van der Waals surface area contributed by atoms with E-state index in [1.165, 1.54) is 0 Å². The van der Waals surface area contributed by atoms with E-state index in [4.69, 9.17) is 4.74 Å². The fraction of sp³-hybridized carbons (Fsp3) is 0.625. The molecule has 2 rings (SSSR count). The van der Waals surface area contributed by atoms with E-state index in [0.717, 1.165) is 30.6 Å². The van der Waals surface area contributed by atoms with Gasteiger partial charge in [0.25, 0.3) is 0 Å². The molecular weight excluding hydrogens is 224 g/mol. The second-order valence-corrected chi connectivity index (χ2v) is 6.56. The fourth-order valence-electron chi connectivity index (χ4n) is 2.88. The van der Waals surface area contributed by atoms with Crippen molar-refractivity contribution >= 4 is 0 Å². The van der Waals surface area contributed by atoms with Gasteiger partial charge in [-0.05, 0) is 56.2 Å². The van der Waals surface area contributed by atoms with Crippen LogP contribution in [-0.4, -0.2) is 11.2 Å². The summed E-state index contributed by atoms with van der Waals surface area (Å²) >= 11 is 0. The molecule has 0 heterocycles. The highest BCUT2D eigenvalue weighted by Gasteiger charge is 2.42. The van der Waals surface area contributed by atoms with Crippen LogP contribution in [0.25, 0.3) is 0 Å². The van der Waals surface area contributed by atoms with Gasteiger partial charge in [0, 0.05) is 0 Å². The van der Waals surface area contributed by atoms with Crippen LogP contribution in [0.5, 0.6) is 5.75 Å². The summed E-state index contributed by atoms with van der Waals surface area (Å²) in [6, 6.07) is 7.91. The summed E-state index contributed by atoms with van der Waals surface area (Å²) in [5.41, 5.74) is 0.603. The summed E-state index contributed by atoms with van der Waals surface area (Å²) in [7, 11) is 0. The first-order valence-corrected chi connectivity index (χ1v) is 6.80. The lowest BCUT2D eigenvalue weighted by molar-refractivity contribution is 0.0338. The van der Waals surface area contributed by atoms with E-state index < -0.39 is 5.60 Å². The smallest absolute Gasteiger partial charge is 0.119 e. The van der Waals surface area contributed by atoms with Crippen LogP contribution >= 0.6 is 0 Å². The van der Waals surface area contributed by atoms with Crippen molar-refractivity contribution in [2.75, 3.05) is 0 Å². The normalized spacial score (nSPS) is 26.6. The van der Waals surface area contributed by atoms with E-state index in [9.17, 15) is 5.11 Å². The molecule has 1 aromatic rings. The van der Waals surface area contributed by atoms with Crippen molar-refractivity contribution in [1.29, 1.82) is 0 Å². The molecule has 1 atom stereocenters. The van der Waals surface area contributed by atoms with Gasteiger partial charge in [0.05, 0.1) is 11.7 Å². The Hall–Kier alpha value is -1.02. The molecule has 1 aliphatic rings. The third kappa shape index (κ3) is 2.86. The number of rotatable bonds is 3.